The van der Waals surface area contributed by atoms with Crippen LogP contribution in [0.1, 0.15) is 30.1 Å². The standard InChI is InChI=1S/C23H22FN3O4S2/c1-15(28)18-3-2-4-20(13-18)33(30,31)27-11-9-17(10-12-27)22(29)26-23-25-21(14-32-23)16-5-7-19(24)8-6-16/h2-8,13-14,17H,9-12H2,1H3,(H,25,26,29). The molecule has 0 spiro atoms. The number of hydrogen-bond donors (Lipinski definition) is 1. The Hall–Kier alpha value is -2.95. The Morgan fingerprint density at radius 1 is 1.12 bits per heavy atom. The number of halogens is 1. The number of benzene rings is 2. The first-order valence-electron chi connectivity index (χ1n) is 10.4. The fourth-order valence-electron chi connectivity index (χ4n) is 3.67. The second-order valence-electron chi connectivity index (χ2n) is 7.80. The highest BCUT2D eigenvalue weighted by Crippen LogP contribution is 2.28. The van der Waals surface area contributed by atoms with Crippen molar-refractivity contribution < 1.29 is 22.4 Å². The molecule has 3 aromatic rings. The molecular weight excluding hydrogens is 465 g/mol. The van der Waals surface area contributed by atoms with Crippen molar-refractivity contribution in [2.24, 2.45) is 5.92 Å². The molecule has 2 aromatic carbocycles. The topological polar surface area (TPSA) is 96.4 Å². The Morgan fingerprint density at radius 3 is 2.48 bits per heavy atom. The van der Waals surface area contributed by atoms with Gasteiger partial charge in [0.1, 0.15) is 5.82 Å². The van der Waals surface area contributed by atoms with Crippen LogP contribution in [-0.4, -0.2) is 42.5 Å². The van der Waals surface area contributed by atoms with Crippen LogP contribution in [0.2, 0.25) is 0 Å². The van der Waals surface area contributed by atoms with Gasteiger partial charge in [-0.25, -0.2) is 17.8 Å². The largest absolute Gasteiger partial charge is 0.302 e. The maximum Gasteiger partial charge on any atom is 0.243 e. The summed E-state index contributed by atoms with van der Waals surface area (Å²) in [5.41, 5.74) is 1.73. The van der Waals surface area contributed by atoms with Crippen molar-refractivity contribution in [3.05, 3.63) is 65.3 Å². The zero-order chi connectivity index (χ0) is 23.6. The van der Waals surface area contributed by atoms with Gasteiger partial charge in [-0.05, 0) is 56.2 Å². The van der Waals surface area contributed by atoms with Gasteiger partial charge < -0.3 is 5.32 Å². The number of piperidine rings is 1. The first-order valence-corrected chi connectivity index (χ1v) is 12.7. The lowest BCUT2D eigenvalue weighted by atomic mass is 9.97. The summed E-state index contributed by atoms with van der Waals surface area (Å²) in [4.78, 5) is 28.8. The number of aromatic nitrogens is 1. The van der Waals surface area contributed by atoms with E-state index < -0.39 is 10.0 Å². The summed E-state index contributed by atoms with van der Waals surface area (Å²) in [5, 5.41) is 5.03. The Balaban J connectivity index is 1.37. The van der Waals surface area contributed by atoms with Crippen molar-refractivity contribution in [1.82, 2.24) is 9.29 Å². The lowest BCUT2D eigenvalue weighted by molar-refractivity contribution is -0.120. The van der Waals surface area contributed by atoms with E-state index in [9.17, 15) is 22.4 Å². The number of nitrogens with zero attached hydrogens (tertiary/aromatic N) is 2. The molecule has 0 aliphatic carbocycles. The Morgan fingerprint density at radius 2 is 1.82 bits per heavy atom. The van der Waals surface area contributed by atoms with E-state index in [2.05, 4.69) is 10.3 Å². The summed E-state index contributed by atoms with van der Waals surface area (Å²) in [6.45, 7) is 1.81. The van der Waals surface area contributed by atoms with Gasteiger partial charge in [-0.3, -0.25) is 9.59 Å². The molecule has 0 radical (unpaired) electrons. The number of thiazole rings is 1. The van der Waals surface area contributed by atoms with Crippen molar-refractivity contribution in [2.45, 2.75) is 24.7 Å². The Kier molecular flexibility index (Phi) is 6.68. The lowest BCUT2D eigenvalue weighted by Gasteiger charge is -2.30. The highest BCUT2D eigenvalue weighted by atomic mass is 32.2. The van der Waals surface area contributed by atoms with Crippen LogP contribution in [0.15, 0.2) is 58.8 Å². The normalized spacial score (nSPS) is 15.3. The number of rotatable bonds is 6. The molecule has 7 nitrogen and oxygen atoms in total. The minimum atomic E-state index is -3.74. The minimum absolute atomic E-state index is 0.0780. The first kappa shape index (κ1) is 23.2. The summed E-state index contributed by atoms with van der Waals surface area (Å²) in [5.74, 6) is -1.07. The molecule has 0 saturated carbocycles. The van der Waals surface area contributed by atoms with Crippen LogP contribution in [0.25, 0.3) is 11.3 Å². The molecule has 1 aliphatic rings. The molecule has 1 fully saturated rings. The van der Waals surface area contributed by atoms with E-state index in [1.54, 1.807) is 29.6 Å². The number of Topliss-reactive ketones (excluding diaryl/α,β-unsaturated/α-hetero) is 1. The van der Waals surface area contributed by atoms with Gasteiger partial charge in [-0.15, -0.1) is 11.3 Å². The molecule has 1 aromatic heterocycles. The SMILES string of the molecule is CC(=O)c1cccc(S(=O)(=O)N2CCC(C(=O)Nc3nc(-c4ccc(F)cc4)cs3)CC2)c1. The van der Waals surface area contributed by atoms with Gasteiger partial charge in [0.2, 0.25) is 15.9 Å². The number of nitrogens with one attached hydrogen (secondary N) is 1. The summed E-state index contributed by atoms with van der Waals surface area (Å²) in [6.07, 6.45) is 0.765. The first-order chi connectivity index (χ1) is 15.7. The van der Waals surface area contributed by atoms with Crippen molar-refractivity contribution in [3.8, 4) is 11.3 Å². The van der Waals surface area contributed by atoms with Crippen LogP contribution < -0.4 is 5.32 Å². The van der Waals surface area contributed by atoms with E-state index in [1.165, 1.54) is 46.8 Å². The number of sulfonamides is 1. The predicted octanol–water partition coefficient (Wildman–Crippen LogP) is 4.19. The third kappa shape index (κ3) is 5.18. The van der Waals surface area contributed by atoms with E-state index in [4.69, 9.17) is 0 Å². The fourth-order valence-corrected chi connectivity index (χ4v) is 5.91. The van der Waals surface area contributed by atoms with Crippen LogP contribution in [-0.2, 0) is 14.8 Å². The van der Waals surface area contributed by atoms with Gasteiger partial charge in [-0.1, -0.05) is 12.1 Å². The van der Waals surface area contributed by atoms with Crippen LogP contribution in [0.4, 0.5) is 9.52 Å². The monoisotopic (exact) mass is 487 g/mol. The number of carbonyl (C=O) groups is 2. The summed E-state index contributed by atoms with van der Waals surface area (Å²) in [7, 11) is -3.74. The van der Waals surface area contributed by atoms with E-state index >= 15 is 0 Å². The molecule has 2 heterocycles. The molecule has 1 amide bonds. The quantitative estimate of drug-likeness (QED) is 0.526. The molecule has 1 N–H and O–H groups in total. The summed E-state index contributed by atoms with van der Waals surface area (Å²) < 4.78 is 40.4. The minimum Gasteiger partial charge on any atom is -0.302 e. The number of amides is 1. The Labute approximate surface area is 195 Å². The Bertz CT molecular complexity index is 1280. The third-order valence-corrected chi connectivity index (χ3v) is 8.23. The van der Waals surface area contributed by atoms with Crippen molar-refractivity contribution in [2.75, 3.05) is 18.4 Å². The highest BCUT2D eigenvalue weighted by Gasteiger charge is 2.32. The van der Waals surface area contributed by atoms with Crippen LogP contribution in [0, 0.1) is 11.7 Å². The van der Waals surface area contributed by atoms with E-state index in [1.807, 2.05) is 0 Å². The summed E-state index contributed by atoms with van der Waals surface area (Å²) in [6, 6.07) is 11.9. The van der Waals surface area contributed by atoms with Crippen molar-refractivity contribution in [1.29, 1.82) is 0 Å². The van der Waals surface area contributed by atoms with Crippen LogP contribution >= 0.6 is 11.3 Å². The molecule has 0 unspecified atom stereocenters. The maximum absolute atomic E-state index is 13.1. The lowest BCUT2D eigenvalue weighted by Crippen LogP contribution is -2.41. The van der Waals surface area contributed by atoms with Gasteiger partial charge in [-0.2, -0.15) is 4.31 Å². The molecule has 0 bridgehead atoms. The molecule has 1 aliphatic heterocycles. The van der Waals surface area contributed by atoms with Crippen molar-refractivity contribution >= 4 is 38.2 Å². The molecule has 172 valence electrons. The number of anilines is 1. The van der Waals surface area contributed by atoms with Gasteiger partial charge >= 0.3 is 0 Å². The maximum atomic E-state index is 13.1. The van der Waals surface area contributed by atoms with E-state index in [0.717, 1.165) is 5.56 Å². The molecule has 0 atom stereocenters. The number of ketones is 1. The zero-order valence-electron chi connectivity index (χ0n) is 17.8. The molecule has 10 heteroatoms. The van der Waals surface area contributed by atoms with Gasteiger partial charge in [0.05, 0.1) is 10.6 Å². The van der Waals surface area contributed by atoms with Crippen molar-refractivity contribution in [3.63, 3.8) is 0 Å². The molecular formula is C23H22FN3O4S2. The van der Waals surface area contributed by atoms with Gasteiger partial charge in [0.15, 0.2) is 10.9 Å². The smallest absolute Gasteiger partial charge is 0.243 e. The molecule has 1 saturated heterocycles. The van der Waals surface area contributed by atoms with E-state index in [0.29, 0.717) is 29.2 Å². The predicted molar refractivity (Wildman–Crippen MR) is 124 cm³/mol. The van der Waals surface area contributed by atoms with Gasteiger partial charge in [0.25, 0.3) is 0 Å². The third-order valence-electron chi connectivity index (χ3n) is 5.58. The number of hydrogen-bond acceptors (Lipinski definition) is 6. The van der Waals surface area contributed by atoms with Gasteiger partial charge in [0, 0.05) is 35.5 Å². The van der Waals surface area contributed by atoms with Crippen LogP contribution in [0.5, 0.6) is 0 Å². The van der Waals surface area contributed by atoms with E-state index in [-0.39, 0.29) is 41.4 Å². The fraction of sp³-hybridized carbons (Fsp3) is 0.261. The highest BCUT2D eigenvalue weighted by molar-refractivity contribution is 7.89. The number of carbonyl (C=O) groups excluding carboxylic acids is 2. The zero-order valence-corrected chi connectivity index (χ0v) is 19.5. The molecule has 4 rings (SSSR count). The molecule has 33 heavy (non-hydrogen) atoms. The second kappa shape index (κ2) is 9.50. The van der Waals surface area contributed by atoms with Crippen LogP contribution in [0.3, 0.4) is 0 Å². The second-order valence-corrected chi connectivity index (χ2v) is 10.6. The summed E-state index contributed by atoms with van der Waals surface area (Å²) >= 11 is 1.28. The average Bonchev–Trinajstić information content (AvgIpc) is 3.28. The average molecular weight is 488 g/mol.